The monoisotopic (exact) mass is 332 g/mol. The van der Waals surface area contributed by atoms with Crippen molar-refractivity contribution in [3.05, 3.63) is 89.7 Å². The number of nitrogens with zero attached hydrogens (tertiary/aromatic N) is 1. The zero-order valence-corrected chi connectivity index (χ0v) is 13.1. The molecule has 0 fully saturated rings. The summed E-state index contributed by atoms with van der Waals surface area (Å²) in [5, 5.41) is 11.3. The highest BCUT2D eigenvalue weighted by molar-refractivity contribution is 6.04. The van der Waals surface area contributed by atoms with Crippen molar-refractivity contribution >= 4 is 11.6 Å². The third kappa shape index (κ3) is 4.01. The van der Waals surface area contributed by atoms with E-state index in [1.807, 2.05) is 36.4 Å². The summed E-state index contributed by atoms with van der Waals surface area (Å²) in [4.78, 5) is 12.1. The number of carbonyl (C=O) groups is 1. The smallest absolute Gasteiger partial charge is 0.258 e. The van der Waals surface area contributed by atoms with Gasteiger partial charge in [-0.1, -0.05) is 18.2 Å². The van der Waals surface area contributed by atoms with E-state index in [1.165, 1.54) is 12.1 Å². The molecule has 3 aromatic rings. The molecule has 122 valence electrons. The normalized spacial score (nSPS) is 9.92. The van der Waals surface area contributed by atoms with Crippen molar-refractivity contribution in [3.8, 4) is 17.6 Å². The van der Waals surface area contributed by atoms with Crippen molar-refractivity contribution in [1.82, 2.24) is 0 Å². The van der Waals surface area contributed by atoms with Crippen LogP contribution in [0.15, 0.2) is 72.8 Å². The van der Waals surface area contributed by atoms with Crippen LogP contribution in [0.5, 0.6) is 11.5 Å². The number of hydrogen-bond acceptors (Lipinski definition) is 3. The summed E-state index contributed by atoms with van der Waals surface area (Å²) in [6.07, 6.45) is 0. The first kappa shape index (κ1) is 16.2. The second-order valence-corrected chi connectivity index (χ2v) is 5.20. The molecular weight excluding hydrogens is 319 g/mol. The molecule has 0 aliphatic carbocycles. The number of nitrogens with one attached hydrogen (secondary N) is 1. The third-order valence-electron chi connectivity index (χ3n) is 3.43. The molecule has 0 saturated heterocycles. The van der Waals surface area contributed by atoms with Crippen LogP contribution in [0.25, 0.3) is 0 Å². The van der Waals surface area contributed by atoms with Gasteiger partial charge in [-0.2, -0.15) is 5.26 Å². The highest BCUT2D eigenvalue weighted by Crippen LogP contribution is 2.23. The van der Waals surface area contributed by atoms with E-state index >= 15 is 0 Å². The first-order chi connectivity index (χ1) is 12.2. The Bertz CT molecular complexity index is 932. The van der Waals surface area contributed by atoms with E-state index in [2.05, 4.69) is 5.32 Å². The van der Waals surface area contributed by atoms with E-state index in [0.717, 1.165) is 6.07 Å². The Balaban J connectivity index is 1.69. The molecular formula is C20H13FN2O2. The molecule has 25 heavy (non-hydrogen) atoms. The molecule has 0 atom stereocenters. The highest BCUT2D eigenvalue weighted by atomic mass is 19.1. The van der Waals surface area contributed by atoms with Crippen molar-refractivity contribution in [1.29, 1.82) is 5.26 Å². The number of amides is 1. The number of ether oxygens (including phenoxy) is 1. The minimum Gasteiger partial charge on any atom is -0.457 e. The van der Waals surface area contributed by atoms with Crippen molar-refractivity contribution in [3.63, 3.8) is 0 Å². The van der Waals surface area contributed by atoms with Crippen LogP contribution < -0.4 is 10.1 Å². The average Bonchev–Trinajstić information content (AvgIpc) is 2.64. The van der Waals surface area contributed by atoms with E-state index in [9.17, 15) is 9.18 Å². The fraction of sp³-hybridized carbons (Fsp3) is 0. The molecule has 1 N–H and O–H groups in total. The molecule has 0 saturated carbocycles. The second kappa shape index (κ2) is 7.28. The van der Waals surface area contributed by atoms with Crippen LogP contribution in [0, 0.1) is 17.1 Å². The number of benzene rings is 3. The molecule has 0 heterocycles. The van der Waals surface area contributed by atoms with Gasteiger partial charge in [-0.05, 0) is 54.6 Å². The molecule has 0 aliphatic heterocycles. The van der Waals surface area contributed by atoms with E-state index in [4.69, 9.17) is 10.00 Å². The number of anilines is 1. The number of para-hydroxylation sites is 1. The summed E-state index contributed by atoms with van der Waals surface area (Å²) >= 11 is 0. The Morgan fingerprint density at radius 2 is 1.64 bits per heavy atom. The minimum absolute atomic E-state index is 0.122. The van der Waals surface area contributed by atoms with E-state index in [1.54, 1.807) is 24.3 Å². The number of halogens is 1. The summed E-state index contributed by atoms with van der Waals surface area (Å²) in [5.41, 5.74) is 0.550. The van der Waals surface area contributed by atoms with Crippen molar-refractivity contribution in [2.24, 2.45) is 0 Å². The summed E-state index contributed by atoms with van der Waals surface area (Å²) in [7, 11) is 0. The Morgan fingerprint density at radius 1 is 0.960 bits per heavy atom. The Kier molecular flexibility index (Phi) is 4.72. The lowest BCUT2D eigenvalue weighted by Crippen LogP contribution is -2.13. The van der Waals surface area contributed by atoms with Crippen molar-refractivity contribution in [2.45, 2.75) is 0 Å². The maximum Gasteiger partial charge on any atom is 0.258 e. The van der Waals surface area contributed by atoms with Gasteiger partial charge in [0.25, 0.3) is 5.91 Å². The fourth-order valence-electron chi connectivity index (χ4n) is 2.20. The van der Waals surface area contributed by atoms with Gasteiger partial charge in [0.1, 0.15) is 17.3 Å². The summed E-state index contributed by atoms with van der Waals surface area (Å²) in [6.45, 7) is 0. The van der Waals surface area contributed by atoms with Gasteiger partial charge in [-0.25, -0.2) is 4.39 Å². The minimum atomic E-state index is -0.736. The molecule has 0 unspecified atom stereocenters. The number of rotatable bonds is 4. The first-order valence-electron chi connectivity index (χ1n) is 7.50. The van der Waals surface area contributed by atoms with Gasteiger partial charge in [0, 0.05) is 5.69 Å². The van der Waals surface area contributed by atoms with Gasteiger partial charge in [0.05, 0.1) is 17.2 Å². The van der Waals surface area contributed by atoms with E-state index in [0.29, 0.717) is 17.2 Å². The van der Waals surface area contributed by atoms with Crippen LogP contribution in [0.3, 0.4) is 0 Å². The topological polar surface area (TPSA) is 62.1 Å². The molecule has 0 spiro atoms. The van der Waals surface area contributed by atoms with Gasteiger partial charge < -0.3 is 10.1 Å². The Morgan fingerprint density at radius 3 is 2.28 bits per heavy atom. The molecule has 1 amide bonds. The zero-order chi connectivity index (χ0) is 17.6. The SMILES string of the molecule is N#Cc1ccc(C(=O)Nc2ccc(Oc3ccccc3)cc2)c(F)c1. The average molecular weight is 332 g/mol. The van der Waals surface area contributed by atoms with Crippen molar-refractivity contribution in [2.75, 3.05) is 5.32 Å². The van der Waals surface area contributed by atoms with Gasteiger partial charge in [-0.15, -0.1) is 0 Å². The van der Waals surface area contributed by atoms with E-state index in [-0.39, 0.29) is 11.1 Å². The first-order valence-corrected chi connectivity index (χ1v) is 7.50. The van der Waals surface area contributed by atoms with Crippen LogP contribution in [-0.2, 0) is 0 Å². The lowest BCUT2D eigenvalue weighted by atomic mass is 10.1. The van der Waals surface area contributed by atoms with Crippen LogP contribution >= 0.6 is 0 Å². The lowest BCUT2D eigenvalue weighted by molar-refractivity contribution is 0.102. The quantitative estimate of drug-likeness (QED) is 0.750. The number of nitriles is 1. The van der Waals surface area contributed by atoms with Gasteiger partial charge >= 0.3 is 0 Å². The van der Waals surface area contributed by atoms with Gasteiger partial charge in [0.15, 0.2) is 0 Å². The Hall–Kier alpha value is -3.65. The summed E-state index contributed by atoms with van der Waals surface area (Å²) < 4.78 is 19.5. The maximum absolute atomic E-state index is 13.9. The van der Waals surface area contributed by atoms with Crippen molar-refractivity contribution < 1.29 is 13.9 Å². The summed E-state index contributed by atoms with van der Waals surface area (Å²) in [5.74, 6) is 0.00647. The number of carbonyl (C=O) groups excluding carboxylic acids is 1. The molecule has 5 heteroatoms. The standard InChI is InChI=1S/C20H13FN2O2/c21-19-12-14(13-22)6-11-18(19)20(24)23-15-7-9-17(10-8-15)25-16-4-2-1-3-5-16/h1-12H,(H,23,24). The van der Waals surface area contributed by atoms with Crippen LogP contribution in [-0.4, -0.2) is 5.91 Å². The molecule has 4 nitrogen and oxygen atoms in total. The zero-order valence-electron chi connectivity index (χ0n) is 13.1. The Labute approximate surface area is 144 Å². The second-order valence-electron chi connectivity index (χ2n) is 5.20. The number of hydrogen-bond donors (Lipinski definition) is 1. The molecule has 3 aromatic carbocycles. The fourth-order valence-corrected chi connectivity index (χ4v) is 2.20. The predicted octanol–water partition coefficient (Wildman–Crippen LogP) is 4.74. The maximum atomic E-state index is 13.9. The molecule has 0 radical (unpaired) electrons. The van der Waals surface area contributed by atoms with Gasteiger partial charge in [-0.3, -0.25) is 4.79 Å². The van der Waals surface area contributed by atoms with Crippen LogP contribution in [0.2, 0.25) is 0 Å². The molecule has 0 bridgehead atoms. The lowest BCUT2D eigenvalue weighted by Gasteiger charge is -2.08. The molecule has 0 aliphatic rings. The largest absolute Gasteiger partial charge is 0.457 e. The van der Waals surface area contributed by atoms with Crippen LogP contribution in [0.4, 0.5) is 10.1 Å². The van der Waals surface area contributed by atoms with Crippen LogP contribution in [0.1, 0.15) is 15.9 Å². The molecule has 3 rings (SSSR count). The van der Waals surface area contributed by atoms with Gasteiger partial charge in [0.2, 0.25) is 0 Å². The summed E-state index contributed by atoms with van der Waals surface area (Å²) in [6, 6.07) is 21.6. The predicted molar refractivity (Wildman–Crippen MR) is 92.0 cm³/mol. The third-order valence-corrected chi connectivity index (χ3v) is 3.43. The molecule has 0 aromatic heterocycles. The van der Waals surface area contributed by atoms with E-state index < -0.39 is 11.7 Å². The highest BCUT2D eigenvalue weighted by Gasteiger charge is 2.12.